The van der Waals surface area contributed by atoms with Crippen LogP contribution in [0.5, 0.6) is 0 Å². The maximum absolute atomic E-state index is 12.7. The second-order valence-electron chi connectivity index (χ2n) is 4.97. The lowest BCUT2D eigenvalue weighted by Crippen LogP contribution is -2.13. The first-order valence-corrected chi connectivity index (χ1v) is 9.35. The van der Waals surface area contributed by atoms with Crippen LogP contribution < -0.4 is 4.72 Å². The van der Waals surface area contributed by atoms with Crippen LogP contribution in [0, 0.1) is 13.8 Å². The summed E-state index contributed by atoms with van der Waals surface area (Å²) < 4.78 is 33.0. The van der Waals surface area contributed by atoms with E-state index < -0.39 is 10.0 Å². The van der Waals surface area contributed by atoms with E-state index in [0.29, 0.717) is 26.2 Å². The largest absolute Gasteiger partial charge is 0.355 e. The molecule has 2 heterocycles. The van der Waals surface area contributed by atoms with E-state index in [1.807, 2.05) is 0 Å². The van der Waals surface area contributed by atoms with Crippen LogP contribution in [-0.4, -0.2) is 13.6 Å². The molecule has 0 bridgehead atoms. The Morgan fingerprint density at radius 3 is 2.65 bits per heavy atom. The number of aryl methyl sites for hydroxylation is 2. The van der Waals surface area contributed by atoms with Crippen LogP contribution in [0.1, 0.15) is 10.4 Å². The molecular weight excluding hydrogens is 356 g/mol. The molecule has 8 heteroatoms. The second kappa shape index (κ2) is 5.99. The molecule has 3 rings (SSSR count). The van der Waals surface area contributed by atoms with Crippen LogP contribution >= 0.6 is 22.9 Å². The summed E-state index contributed by atoms with van der Waals surface area (Å²) in [6.07, 6.45) is 1.52. The maximum atomic E-state index is 12.7. The van der Waals surface area contributed by atoms with Gasteiger partial charge in [-0.25, -0.2) is 8.42 Å². The molecule has 0 atom stereocenters. The highest BCUT2D eigenvalue weighted by Crippen LogP contribution is 2.34. The average molecular weight is 369 g/mol. The number of aromatic nitrogens is 1. The lowest BCUT2D eigenvalue weighted by atomic mass is 10.2. The van der Waals surface area contributed by atoms with Crippen molar-refractivity contribution in [1.82, 2.24) is 5.16 Å². The molecule has 0 aliphatic rings. The fourth-order valence-corrected chi connectivity index (χ4v) is 5.05. The molecule has 0 aliphatic heterocycles. The first-order chi connectivity index (χ1) is 10.9. The Morgan fingerprint density at radius 1 is 1.22 bits per heavy atom. The van der Waals surface area contributed by atoms with Crippen molar-refractivity contribution in [3.8, 4) is 10.6 Å². The minimum atomic E-state index is -3.69. The third-order valence-corrected chi connectivity index (χ3v) is 6.20. The van der Waals surface area contributed by atoms with Crippen LogP contribution in [-0.2, 0) is 10.0 Å². The molecule has 0 saturated carbocycles. The third-order valence-electron chi connectivity index (χ3n) is 3.28. The van der Waals surface area contributed by atoms with Gasteiger partial charge in [-0.2, -0.15) is 0 Å². The van der Waals surface area contributed by atoms with Gasteiger partial charge in [-0.05, 0) is 43.7 Å². The van der Waals surface area contributed by atoms with Crippen molar-refractivity contribution < 1.29 is 12.9 Å². The van der Waals surface area contributed by atoms with Gasteiger partial charge >= 0.3 is 0 Å². The molecule has 120 valence electrons. The number of rotatable bonds is 4. The maximum Gasteiger partial charge on any atom is 0.263 e. The highest BCUT2D eigenvalue weighted by Gasteiger charge is 2.22. The van der Waals surface area contributed by atoms with Crippen molar-refractivity contribution in [2.75, 3.05) is 4.72 Å². The fourth-order valence-electron chi connectivity index (χ4n) is 2.14. The Kier molecular flexibility index (Phi) is 4.18. The van der Waals surface area contributed by atoms with Gasteiger partial charge in [0.1, 0.15) is 4.90 Å². The second-order valence-corrected chi connectivity index (χ2v) is 8.32. The van der Waals surface area contributed by atoms with E-state index >= 15 is 0 Å². The van der Waals surface area contributed by atoms with Crippen molar-refractivity contribution in [3.05, 3.63) is 52.0 Å². The molecule has 1 aromatic carbocycles. The fraction of sp³-hybridized carbons (Fsp3) is 0.133. The Morgan fingerprint density at radius 2 is 2.00 bits per heavy atom. The van der Waals surface area contributed by atoms with Crippen molar-refractivity contribution in [2.24, 2.45) is 0 Å². The molecule has 5 nitrogen and oxygen atoms in total. The number of benzene rings is 1. The van der Waals surface area contributed by atoms with Crippen molar-refractivity contribution in [1.29, 1.82) is 0 Å². The first kappa shape index (κ1) is 16.0. The number of halogens is 1. The van der Waals surface area contributed by atoms with Gasteiger partial charge in [0.05, 0.1) is 16.8 Å². The molecule has 23 heavy (non-hydrogen) atoms. The highest BCUT2D eigenvalue weighted by molar-refractivity contribution is 7.93. The van der Waals surface area contributed by atoms with Crippen molar-refractivity contribution >= 4 is 38.6 Å². The number of hydrogen-bond acceptors (Lipinski definition) is 5. The van der Waals surface area contributed by atoms with Crippen LogP contribution in [0.2, 0.25) is 5.02 Å². The Balaban J connectivity index is 1.97. The monoisotopic (exact) mass is 368 g/mol. The van der Waals surface area contributed by atoms with Gasteiger partial charge in [-0.15, -0.1) is 11.3 Å². The van der Waals surface area contributed by atoms with E-state index in [-0.39, 0.29) is 4.90 Å². The highest BCUT2D eigenvalue weighted by atomic mass is 35.5. The molecule has 2 aromatic heterocycles. The zero-order chi connectivity index (χ0) is 16.6. The standard InChI is InChI=1S/C15H13ClN2O3S2/c1-9-7-11(16)3-4-12(9)18-23(19,20)15-8-14(22-10(15)2)13-5-6-17-21-13/h3-8,18H,1-2H3. The number of hydrogen-bond donors (Lipinski definition) is 1. The van der Waals surface area contributed by atoms with Crippen LogP contribution in [0.25, 0.3) is 10.6 Å². The third kappa shape index (κ3) is 3.26. The molecule has 0 fully saturated rings. The van der Waals surface area contributed by atoms with Gasteiger partial charge in [0, 0.05) is 16.0 Å². The molecule has 0 aliphatic carbocycles. The van der Waals surface area contributed by atoms with Gasteiger partial charge in [0.15, 0.2) is 5.76 Å². The minimum Gasteiger partial charge on any atom is -0.355 e. The normalized spacial score (nSPS) is 11.6. The van der Waals surface area contributed by atoms with E-state index in [2.05, 4.69) is 9.88 Å². The summed E-state index contributed by atoms with van der Waals surface area (Å²) in [6.45, 7) is 3.55. The predicted molar refractivity (Wildman–Crippen MR) is 91.6 cm³/mol. The summed E-state index contributed by atoms with van der Waals surface area (Å²) in [5.41, 5.74) is 1.26. The molecule has 1 N–H and O–H groups in total. The van der Waals surface area contributed by atoms with Gasteiger partial charge in [0.25, 0.3) is 10.0 Å². The summed E-state index contributed by atoms with van der Waals surface area (Å²) in [6, 6.07) is 8.29. The zero-order valence-electron chi connectivity index (χ0n) is 12.3. The van der Waals surface area contributed by atoms with E-state index in [4.69, 9.17) is 16.1 Å². The van der Waals surface area contributed by atoms with Gasteiger partial charge < -0.3 is 4.52 Å². The number of nitrogens with one attached hydrogen (secondary N) is 1. The molecule has 0 amide bonds. The van der Waals surface area contributed by atoms with Gasteiger partial charge in [-0.3, -0.25) is 4.72 Å². The number of thiophene rings is 1. The van der Waals surface area contributed by atoms with Crippen LogP contribution in [0.15, 0.2) is 45.9 Å². The number of nitrogens with zero attached hydrogens (tertiary/aromatic N) is 1. The molecular formula is C15H13ClN2O3S2. The van der Waals surface area contributed by atoms with Crippen LogP contribution in [0.3, 0.4) is 0 Å². The first-order valence-electron chi connectivity index (χ1n) is 6.67. The van der Waals surface area contributed by atoms with E-state index in [9.17, 15) is 8.42 Å². The summed E-state index contributed by atoms with van der Waals surface area (Å²) >= 11 is 7.24. The molecule has 0 spiro atoms. The van der Waals surface area contributed by atoms with Crippen molar-refractivity contribution in [3.63, 3.8) is 0 Å². The lowest BCUT2D eigenvalue weighted by molar-refractivity contribution is 0.433. The predicted octanol–water partition coefficient (Wildman–Crippen LogP) is 4.47. The number of anilines is 1. The van der Waals surface area contributed by atoms with E-state index in [1.165, 1.54) is 17.5 Å². The summed E-state index contributed by atoms with van der Waals surface area (Å²) in [4.78, 5) is 1.62. The Hall–Kier alpha value is -1.83. The SMILES string of the molecule is Cc1cc(Cl)ccc1NS(=O)(=O)c1cc(-c2ccno2)sc1C. The summed E-state index contributed by atoms with van der Waals surface area (Å²) in [5.74, 6) is 0.544. The van der Waals surface area contributed by atoms with Crippen LogP contribution in [0.4, 0.5) is 5.69 Å². The number of sulfonamides is 1. The summed E-state index contributed by atoms with van der Waals surface area (Å²) in [7, 11) is -3.69. The molecule has 0 unspecified atom stereocenters. The smallest absolute Gasteiger partial charge is 0.263 e. The molecule has 3 aromatic rings. The average Bonchev–Trinajstić information content (AvgIpc) is 3.11. The topological polar surface area (TPSA) is 72.2 Å². The quantitative estimate of drug-likeness (QED) is 0.737. The van der Waals surface area contributed by atoms with Gasteiger partial charge in [-0.1, -0.05) is 16.8 Å². The zero-order valence-corrected chi connectivity index (χ0v) is 14.7. The van der Waals surface area contributed by atoms with E-state index in [1.54, 1.807) is 44.2 Å². The molecule has 0 saturated heterocycles. The Labute approximate surface area is 142 Å². The Bertz CT molecular complexity index is 947. The summed E-state index contributed by atoms with van der Waals surface area (Å²) in [5, 5.41) is 4.20. The molecule has 0 radical (unpaired) electrons. The van der Waals surface area contributed by atoms with E-state index in [0.717, 1.165) is 5.56 Å². The lowest BCUT2D eigenvalue weighted by Gasteiger charge is -2.10. The minimum absolute atomic E-state index is 0.225. The van der Waals surface area contributed by atoms with Gasteiger partial charge in [0.2, 0.25) is 0 Å². The van der Waals surface area contributed by atoms with Crippen molar-refractivity contribution in [2.45, 2.75) is 18.7 Å².